The van der Waals surface area contributed by atoms with Crippen molar-refractivity contribution in [2.24, 2.45) is 0 Å². The third-order valence-corrected chi connectivity index (χ3v) is 11.0. The lowest BCUT2D eigenvalue weighted by molar-refractivity contribution is 0.0435. The fraction of sp³-hybridized carbons (Fsp3) is 0.375. The summed E-state index contributed by atoms with van der Waals surface area (Å²) in [6.45, 7) is 5.16. The van der Waals surface area contributed by atoms with E-state index in [0.29, 0.717) is 36.8 Å². The molecule has 0 saturated carbocycles. The molecule has 1 atom stereocenters. The van der Waals surface area contributed by atoms with Gasteiger partial charge in [0.1, 0.15) is 36.2 Å². The molecular weight excluding hydrogens is 623 g/mol. The van der Waals surface area contributed by atoms with Gasteiger partial charge >= 0.3 is 5.97 Å². The quantitative estimate of drug-likeness (QED) is 0.108. The fourth-order valence-corrected chi connectivity index (χ4v) is 7.29. The molecule has 2 aliphatic heterocycles. The van der Waals surface area contributed by atoms with Crippen LogP contribution in [0.2, 0.25) is 0 Å². The number of rotatable bonds is 13. The molecule has 2 aromatic carbocycles. The monoisotopic (exact) mass is 660 g/mol. The molecule has 0 bridgehead atoms. The van der Waals surface area contributed by atoms with Gasteiger partial charge in [-0.2, -0.15) is 10.5 Å². The van der Waals surface area contributed by atoms with Gasteiger partial charge < -0.3 is 23.4 Å². The molecule has 2 aliphatic rings. The number of sulfonamides is 1. The number of ether oxygens (including phenoxy) is 4. The summed E-state index contributed by atoms with van der Waals surface area (Å²) in [4.78, 5) is 15.3. The average molecular weight is 661 g/mol. The Hall–Kier alpha value is -3.49. The smallest absolute Gasteiger partial charge is 0.343 e. The van der Waals surface area contributed by atoms with E-state index in [9.17, 15) is 17.6 Å². The van der Waals surface area contributed by atoms with Crippen molar-refractivity contribution in [1.29, 1.82) is 0 Å². The number of esters is 1. The minimum atomic E-state index is -4.44. The maximum absolute atomic E-state index is 14.5. The predicted molar refractivity (Wildman–Crippen MR) is 173 cm³/mol. The molecule has 1 unspecified atom stereocenters. The number of nitrogens with zero attached hydrogens (tertiary/aromatic N) is 2. The van der Waals surface area contributed by atoms with Crippen molar-refractivity contribution in [3.63, 3.8) is 0 Å². The van der Waals surface area contributed by atoms with Gasteiger partial charge in [-0.1, -0.05) is 24.9 Å². The summed E-state index contributed by atoms with van der Waals surface area (Å²) >= 11 is 0. The minimum absolute atomic E-state index is 0.00392. The van der Waals surface area contributed by atoms with Crippen LogP contribution in [-0.4, -0.2) is 90.0 Å². The number of benzene rings is 2. The molecule has 0 spiro atoms. The van der Waals surface area contributed by atoms with Crippen LogP contribution in [0.15, 0.2) is 58.1 Å². The van der Waals surface area contributed by atoms with Gasteiger partial charge in [0.15, 0.2) is 0 Å². The first-order valence-corrected chi connectivity index (χ1v) is 17.7. The standard InChI is InChI=1S/C32H37FN2O8S2/c1-4-44(3)19-18-41-22-35(27-9-8-26-25-11-15-42-28(25)21-43-31(26)30(27)32(36)39-2)45(37,38)29-10-7-24(33)20-23(29)6-5-12-34-13-16-40-17-14-34/h5-11,15,20H,3-4,12-14,16-19,21-22H2,1-2H3/b6-5-. The first-order valence-electron chi connectivity index (χ1n) is 14.5. The molecule has 1 fully saturated rings. The van der Waals surface area contributed by atoms with Crippen LogP contribution in [-0.2, 0) is 30.8 Å². The van der Waals surface area contributed by atoms with Crippen LogP contribution >= 0.6 is 10.5 Å². The number of carbonyl (C=O) groups excluding carboxylic acids is 1. The maximum Gasteiger partial charge on any atom is 0.343 e. The highest BCUT2D eigenvalue weighted by atomic mass is 32.2. The number of carbonyl (C=O) groups is 1. The second-order valence-corrected chi connectivity index (χ2v) is 14.4. The highest BCUT2D eigenvalue weighted by molar-refractivity contribution is 8.14. The second-order valence-electron chi connectivity index (χ2n) is 10.4. The molecule has 0 amide bonds. The number of halogens is 1. The van der Waals surface area contributed by atoms with Gasteiger partial charge in [0.2, 0.25) is 0 Å². The molecule has 0 N–H and O–H groups in total. The van der Waals surface area contributed by atoms with E-state index < -0.39 is 28.5 Å². The summed E-state index contributed by atoms with van der Waals surface area (Å²) in [6.07, 6.45) is 4.92. The van der Waals surface area contributed by atoms with Crippen LogP contribution in [0.25, 0.3) is 17.2 Å². The van der Waals surface area contributed by atoms with E-state index in [1.165, 1.54) is 31.6 Å². The molecule has 10 nitrogen and oxygen atoms in total. The molecule has 3 aromatic rings. The first kappa shape index (κ1) is 32.9. The van der Waals surface area contributed by atoms with Crippen molar-refractivity contribution in [2.75, 3.05) is 69.1 Å². The number of methoxy groups -OCH3 is 1. The van der Waals surface area contributed by atoms with Gasteiger partial charge in [0.05, 0.1) is 43.8 Å². The zero-order chi connectivity index (χ0) is 32.0. The molecule has 242 valence electrons. The lowest BCUT2D eigenvalue weighted by Gasteiger charge is -2.29. The molecule has 1 saturated heterocycles. The first-order chi connectivity index (χ1) is 21.7. The van der Waals surface area contributed by atoms with Crippen LogP contribution in [0.3, 0.4) is 0 Å². The van der Waals surface area contributed by atoms with E-state index in [2.05, 4.69) is 10.8 Å². The molecule has 3 heterocycles. The number of hydrogen-bond acceptors (Lipinski definition) is 9. The van der Waals surface area contributed by atoms with Gasteiger partial charge in [0, 0.05) is 36.5 Å². The van der Waals surface area contributed by atoms with Gasteiger partial charge in [0.25, 0.3) is 10.0 Å². The summed E-state index contributed by atoms with van der Waals surface area (Å²) in [7, 11) is -3.38. The highest BCUT2D eigenvalue weighted by Gasteiger charge is 2.35. The van der Waals surface area contributed by atoms with Crippen LogP contribution < -0.4 is 9.04 Å². The Morgan fingerprint density at radius 2 is 1.98 bits per heavy atom. The Labute approximate surface area is 265 Å². The molecule has 5 rings (SSSR count). The lowest BCUT2D eigenvalue weighted by atomic mass is 9.98. The minimum Gasteiger partial charge on any atom is -0.484 e. The van der Waals surface area contributed by atoms with Gasteiger partial charge in [-0.25, -0.2) is 21.9 Å². The van der Waals surface area contributed by atoms with Crippen molar-refractivity contribution in [3.8, 4) is 16.9 Å². The molecule has 0 aliphatic carbocycles. The van der Waals surface area contributed by atoms with Crippen molar-refractivity contribution in [1.82, 2.24) is 4.90 Å². The summed E-state index contributed by atoms with van der Waals surface area (Å²) in [5, 5.41) is 0. The van der Waals surface area contributed by atoms with E-state index in [-0.39, 0.29) is 51.2 Å². The average Bonchev–Trinajstić information content (AvgIpc) is 3.54. The Morgan fingerprint density at radius 1 is 1.18 bits per heavy atom. The third-order valence-electron chi connectivity index (χ3n) is 7.61. The number of morpholine rings is 1. The zero-order valence-corrected chi connectivity index (χ0v) is 27.0. The Morgan fingerprint density at radius 3 is 2.73 bits per heavy atom. The van der Waals surface area contributed by atoms with E-state index >= 15 is 0 Å². The third kappa shape index (κ3) is 7.33. The molecule has 13 heteroatoms. The summed E-state index contributed by atoms with van der Waals surface area (Å²) in [5.41, 5.74) is 1.38. The van der Waals surface area contributed by atoms with Crippen LogP contribution in [0.5, 0.6) is 5.75 Å². The largest absolute Gasteiger partial charge is 0.484 e. The van der Waals surface area contributed by atoms with Gasteiger partial charge in [-0.3, -0.25) is 4.90 Å². The highest BCUT2D eigenvalue weighted by Crippen LogP contribution is 2.45. The summed E-state index contributed by atoms with van der Waals surface area (Å²) in [6, 6.07) is 8.44. The predicted octanol–water partition coefficient (Wildman–Crippen LogP) is 5.00. The van der Waals surface area contributed by atoms with Crippen molar-refractivity contribution in [2.45, 2.75) is 18.4 Å². The Balaban J connectivity index is 1.58. The van der Waals surface area contributed by atoms with Crippen molar-refractivity contribution >= 4 is 44.1 Å². The SMILES string of the molecule is C=S(CC)CCOCN(c1ccc2c(c1C(=O)OC)OCc1occc1-2)S(=O)(=O)c1ccc(F)cc1/C=C\CN1CCOCC1. The van der Waals surface area contributed by atoms with Crippen molar-refractivity contribution < 1.29 is 41.0 Å². The normalized spacial score (nSPS) is 15.7. The summed E-state index contributed by atoms with van der Waals surface area (Å²) < 4.78 is 72.5. The zero-order valence-electron chi connectivity index (χ0n) is 25.3. The molecule has 1 aromatic heterocycles. The maximum atomic E-state index is 14.5. The van der Waals surface area contributed by atoms with E-state index in [1.54, 1.807) is 24.3 Å². The molecule has 45 heavy (non-hydrogen) atoms. The van der Waals surface area contributed by atoms with Crippen LogP contribution in [0, 0.1) is 5.82 Å². The number of anilines is 1. The van der Waals surface area contributed by atoms with Crippen LogP contribution in [0.1, 0.15) is 28.6 Å². The fourth-order valence-electron chi connectivity index (χ4n) is 5.12. The summed E-state index contributed by atoms with van der Waals surface area (Å²) in [5.74, 6) is 4.98. The second kappa shape index (κ2) is 14.7. The van der Waals surface area contributed by atoms with Crippen molar-refractivity contribution in [3.05, 3.63) is 71.4 Å². The number of furan rings is 1. The van der Waals surface area contributed by atoms with Gasteiger partial charge in [-0.05, 0) is 47.7 Å². The Bertz CT molecular complexity index is 1680. The number of hydrogen-bond donors (Lipinski definition) is 0. The Kier molecular flexibility index (Phi) is 10.8. The van der Waals surface area contributed by atoms with E-state index in [1.807, 2.05) is 6.92 Å². The lowest BCUT2D eigenvalue weighted by Crippen LogP contribution is -2.36. The van der Waals surface area contributed by atoms with E-state index in [0.717, 1.165) is 34.8 Å². The topological polar surface area (TPSA) is 108 Å². The molecular formula is C32H37FN2O8S2. The number of fused-ring (bicyclic) bond motifs is 3. The van der Waals surface area contributed by atoms with E-state index in [4.69, 9.17) is 23.4 Å². The molecule has 0 radical (unpaired) electrons. The van der Waals surface area contributed by atoms with Crippen LogP contribution in [0.4, 0.5) is 10.1 Å². The van der Waals surface area contributed by atoms with Gasteiger partial charge in [-0.15, -0.1) is 0 Å².